The number of H-pyrrole nitrogens is 2. The summed E-state index contributed by atoms with van der Waals surface area (Å²) in [4.78, 5) is 6.94. The molecule has 5 rings (SSSR count). The lowest BCUT2D eigenvalue weighted by Gasteiger charge is -1.99. The zero-order valence-electron chi connectivity index (χ0n) is 13.3. The van der Waals surface area contributed by atoms with Gasteiger partial charge >= 0.3 is 0 Å². The van der Waals surface area contributed by atoms with Crippen LogP contribution in [0.25, 0.3) is 18.2 Å². The number of rotatable bonds is 0. The van der Waals surface area contributed by atoms with Crippen LogP contribution in [0.15, 0.2) is 76.9 Å². The molecule has 0 spiro atoms. The lowest BCUT2D eigenvalue weighted by Crippen LogP contribution is -2.09. The van der Waals surface area contributed by atoms with Gasteiger partial charge in [0.1, 0.15) is 0 Å². The fraction of sp³-hybridized carbons (Fsp3) is 0.0909. The van der Waals surface area contributed by atoms with E-state index in [1.54, 1.807) is 0 Å². The number of nitrogens with one attached hydrogen (secondary N) is 2. The Morgan fingerprint density at radius 2 is 1.17 bits per heavy atom. The molecule has 2 nitrogen and oxygen atoms in total. The molecule has 0 saturated heterocycles. The molecule has 3 aliphatic rings. The van der Waals surface area contributed by atoms with E-state index in [9.17, 15) is 0 Å². The quantitative estimate of drug-likeness (QED) is 0.746. The van der Waals surface area contributed by atoms with Gasteiger partial charge in [0.2, 0.25) is 0 Å². The van der Waals surface area contributed by atoms with Crippen LogP contribution in [0.2, 0.25) is 0 Å². The molecule has 0 atom stereocenters. The van der Waals surface area contributed by atoms with E-state index in [-0.39, 0.29) is 0 Å². The summed E-state index contributed by atoms with van der Waals surface area (Å²) in [7, 11) is 0. The second-order valence-electron chi connectivity index (χ2n) is 6.64. The summed E-state index contributed by atoms with van der Waals surface area (Å²) in [6.07, 6.45) is 19.9. The predicted octanol–water partition coefficient (Wildman–Crippen LogP) is 3.49. The van der Waals surface area contributed by atoms with Crippen molar-refractivity contribution in [2.45, 2.75) is 12.8 Å². The number of aromatic amines is 2. The molecule has 0 fully saturated rings. The van der Waals surface area contributed by atoms with Crippen molar-refractivity contribution in [2.75, 3.05) is 0 Å². The first-order valence-corrected chi connectivity index (χ1v) is 8.37. The number of hydrogen-bond donors (Lipinski definition) is 2. The van der Waals surface area contributed by atoms with E-state index in [1.165, 1.54) is 22.3 Å². The highest BCUT2D eigenvalue weighted by atomic mass is 14.7. The molecule has 24 heavy (non-hydrogen) atoms. The topological polar surface area (TPSA) is 31.6 Å². The molecule has 0 radical (unpaired) electrons. The zero-order valence-corrected chi connectivity index (χ0v) is 13.3. The van der Waals surface area contributed by atoms with Crippen LogP contribution in [0.1, 0.15) is 24.2 Å². The summed E-state index contributed by atoms with van der Waals surface area (Å²) in [5.41, 5.74) is 7.73. The Hall–Kier alpha value is -3.00. The number of hydrogen-bond acceptors (Lipinski definition) is 0. The van der Waals surface area contributed by atoms with Crippen molar-refractivity contribution < 1.29 is 0 Å². The summed E-state index contributed by atoms with van der Waals surface area (Å²) in [6, 6.07) is 8.52. The maximum atomic E-state index is 3.47. The van der Waals surface area contributed by atoms with E-state index in [4.69, 9.17) is 0 Å². The highest BCUT2D eigenvalue weighted by molar-refractivity contribution is 5.62. The average molecular weight is 310 g/mol. The molecule has 0 saturated carbocycles. The second kappa shape index (κ2) is 5.27. The third kappa shape index (κ3) is 2.56. The van der Waals surface area contributed by atoms with Gasteiger partial charge in [0.25, 0.3) is 0 Å². The standard InChI is InChI=1S/C22H18N2/c1-3-17-10-15(1)9-16-2-4-18(11-16)13-20-6-8-22(24-20)14-21-7-5-19(12-17)23-21/h1-9,12-14,23-24H,10-11H2/b15-9?,16-9?,17-12?,18-13?,19-12-,20-13?,21-14-,22-14?. The first kappa shape index (κ1) is 13.4. The molecule has 0 aromatic carbocycles. The van der Waals surface area contributed by atoms with E-state index in [0.717, 1.165) is 34.9 Å². The van der Waals surface area contributed by atoms with E-state index in [1.807, 2.05) is 0 Å². The van der Waals surface area contributed by atoms with Gasteiger partial charge < -0.3 is 9.97 Å². The number of fused-ring (bicyclic) bond motifs is 8. The third-order valence-electron chi connectivity index (χ3n) is 4.67. The summed E-state index contributed by atoms with van der Waals surface area (Å²) < 4.78 is 0. The normalized spacial score (nSPS) is 21.2. The van der Waals surface area contributed by atoms with Crippen LogP contribution in [0, 0.1) is 0 Å². The minimum Gasteiger partial charge on any atom is -0.355 e. The monoisotopic (exact) mass is 310 g/mol. The third-order valence-corrected chi connectivity index (χ3v) is 4.67. The average Bonchev–Trinajstić information content (AvgIpc) is 3.32. The summed E-state index contributed by atoms with van der Waals surface area (Å²) in [6.45, 7) is 0. The Labute approximate surface area is 140 Å². The molecular formula is C22H18N2. The van der Waals surface area contributed by atoms with Gasteiger partial charge in [-0.3, -0.25) is 0 Å². The molecule has 2 heteroatoms. The molecule has 2 aromatic heterocycles. The Kier molecular flexibility index (Phi) is 2.95. The minimum atomic E-state index is 1.01. The molecule has 116 valence electrons. The van der Waals surface area contributed by atoms with E-state index in [0.29, 0.717) is 0 Å². The first-order valence-electron chi connectivity index (χ1n) is 8.37. The van der Waals surface area contributed by atoms with Crippen LogP contribution < -0.4 is 10.7 Å². The highest BCUT2D eigenvalue weighted by Crippen LogP contribution is 2.28. The maximum absolute atomic E-state index is 3.47. The minimum absolute atomic E-state index is 1.01. The van der Waals surface area contributed by atoms with Gasteiger partial charge in [0.15, 0.2) is 0 Å². The van der Waals surface area contributed by atoms with E-state index >= 15 is 0 Å². The van der Waals surface area contributed by atoms with Crippen LogP contribution >= 0.6 is 0 Å². The van der Waals surface area contributed by atoms with Crippen molar-refractivity contribution in [3.63, 3.8) is 0 Å². The molecule has 1 aliphatic heterocycles. The van der Waals surface area contributed by atoms with Gasteiger partial charge in [0, 0.05) is 22.1 Å². The van der Waals surface area contributed by atoms with Crippen LogP contribution in [-0.2, 0) is 0 Å². The largest absolute Gasteiger partial charge is 0.355 e. The van der Waals surface area contributed by atoms with Gasteiger partial charge in [-0.05, 0) is 77.6 Å². The van der Waals surface area contributed by atoms with Crippen LogP contribution in [0.5, 0.6) is 0 Å². The number of aromatic nitrogens is 2. The molecule has 2 N–H and O–H groups in total. The Morgan fingerprint density at radius 3 is 2.00 bits per heavy atom. The van der Waals surface area contributed by atoms with Gasteiger partial charge in [-0.1, -0.05) is 30.4 Å². The van der Waals surface area contributed by atoms with Crippen molar-refractivity contribution in [2.24, 2.45) is 0 Å². The predicted molar refractivity (Wildman–Crippen MR) is 99.5 cm³/mol. The summed E-state index contributed by atoms with van der Waals surface area (Å²) in [5.74, 6) is 0. The zero-order chi connectivity index (χ0) is 15.9. The van der Waals surface area contributed by atoms with Crippen molar-refractivity contribution in [3.8, 4) is 0 Å². The van der Waals surface area contributed by atoms with Gasteiger partial charge in [-0.2, -0.15) is 0 Å². The van der Waals surface area contributed by atoms with E-state index in [2.05, 4.69) is 82.8 Å². The van der Waals surface area contributed by atoms with Crippen molar-refractivity contribution in [3.05, 3.63) is 99.0 Å². The molecule has 0 amide bonds. The smallest absolute Gasteiger partial charge is 0.0405 e. The fourth-order valence-electron chi connectivity index (χ4n) is 3.53. The summed E-state index contributed by atoms with van der Waals surface area (Å²) >= 11 is 0. The Bertz CT molecular complexity index is 1090. The molecule has 3 heterocycles. The lowest BCUT2D eigenvalue weighted by atomic mass is 10.1. The summed E-state index contributed by atoms with van der Waals surface area (Å²) in [5, 5.41) is 2.26. The molecule has 2 aromatic rings. The second-order valence-corrected chi connectivity index (χ2v) is 6.64. The Morgan fingerprint density at radius 1 is 0.542 bits per heavy atom. The van der Waals surface area contributed by atoms with Gasteiger partial charge in [-0.25, -0.2) is 0 Å². The molecule has 0 unspecified atom stereocenters. The molecule has 8 bridgehead atoms. The first-order chi connectivity index (χ1) is 11.8. The van der Waals surface area contributed by atoms with Crippen molar-refractivity contribution >= 4 is 18.2 Å². The lowest BCUT2D eigenvalue weighted by molar-refractivity contribution is 1.21. The van der Waals surface area contributed by atoms with Crippen molar-refractivity contribution in [1.29, 1.82) is 0 Å². The van der Waals surface area contributed by atoms with Crippen LogP contribution in [0.4, 0.5) is 0 Å². The van der Waals surface area contributed by atoms with Gasteiger partial charge in [-0.15, -0.1) is 0 Å². The Balaban J connectivity index is 1.65. The highest BCUT2D eigenvalue weighted by Gasteiger charge is 2.10. The van der Waals surface area contributed by atoms with Gasteiger partial charge in [0.05, 0.1) is 0 Å². The van der Waals surface area contributed by atoms with Crippen molar-refractivity contribution in [1.82, 2.24) is 9.97 Å². The van der Waals surface area contributed by atoms with E-state index < -0.39 is 0 Å². The number of allylic oxidation sites excluding steroid dienone is 9. The SMILES string of the molecule is C1=CC2=Cc3ccc([nH]3)/C=c3/cc/c([nH]3)=C/C3=CC=C(C=C1C2)C3. The maximum Gasteiger partial charge on any atom is 0.0405 e. The molecular weight excluding hydrogens is 292 g/mol. The molecule has 2 aliphatic carbocycles. The fourth-order valence-corrected chi connectivity index (χ4v) is 3.53. The van der Waals surface area contributed by atoms with Crippen LogP contribution in [0.3, 0.4) is 0 Å². The van der Waals surface area contributed by atoms with Crippen LogP contribution in [-0.4, -0.2) is 9.97 Å².